The lowest BCUT2D eigenvalue weighted by Crippen LogP contribution is -2.49. The summed E-state index contributed by atoms with van der Waals surface area (Å²) < 4.78 is 9.52. The lowest BCUT2D eigenvalue weighted by Gasteiger charge is -2.43. The van der Waals surface area contributed by atoms with Gasteiger partial charge in [-0.05, 0) is 86.9 Å². The first-order valence-electron chi connectivity index (χ1n) is 16.2. The van der Waals surface area contributed by atoms with Gasteiger partial charge in [0.1, 0.15) is 18.0 Å². The van der Waals surface area contributed by atoms with Gasteiger partial charge in [0, 0.05) is 59.6 Å². The lowest BCUT2D eigenvalue weighted by atomic mass is 9.78. The fourth-order valence-electron chi connectivity index (χ4n) is 7.96. The van der Waals surface area contributed by atoms with Crippen LogP contribution in [-0.2, 0) is 5.41 Å². The summed E-state index contributed by atoms with van der Waals surface area (Å²) in [6.07, 6.45) is 5.89. The third-order valence-electron chi connectivity index (χ3n) is 9.81. The molecular formula is C40H49N2O+. The summed E-state index contributed by atoms with van der Waals surface area (Å²) in [4.78, 5) is 2.50. The molecule has 3 aliphatic heterocycles. The number of nitrogens with zero attached hydrogens (tertiary/aromatic N) is 2. The topological polar surface area (TPSA) is 15.5 Å². The second kappa shape index (κ2) is 9.97. The van der Waals surface area contributed by atoms with Crippen molar-refractivity contribution in [3.8, 4) is 11.5 Å². The van der Waals surface area contributed by atoms with Crippen LogP contribution in [-0.4, -0.2) is 24.2 Å². The minimum Gasteiger partial charge on any atom is -0.456 e. The van der Waals surface area contributed by atoms with E-state index >= 15 is 0 Å². The van der Waals surface area contributed by atoms with Gasteiger partial charge in [-0.15, -0.1) is 0 Å². The number of rotatable bonds is 4. The molecule has 0 aliphatic carbocycles. The molecule has 224 valence electrons. The van der Waals surface area contributed by atoms with Crippen molar-refractivity contribution in [1.82, 2.24) is 4.58 Å². The minimum atomic E-state index is -0.0623. The summed E-state index contributed by atoms with van der Waals surface area (Å²) in [6, 6.07) is 18.5. The van der Waals surface area contributed by atoms with E-state index in [2.05, 4.69) is 146 Å². The molecule has 43 heavy (non-hydrogen) atoms. The first-order chi connectivity index (χ1) is 20.2. The van der Waals surface area contributed by atoms with Crippen molar-refractivity contribution in [1.29, 1.82) is 0 Å². The standard InChI is InChI=1S/C40H49N2O/c1-12-26-24-40(10,11)42(14-3)34-22-36-31(20-29(26)34)37(27-17-15-16-18-32(27)38(5,6)7)30-19-28-25(4)23-39(8,9)41(13-2)33(28)21-35(30)43-36/h15-24H,12-14H2,1-11H3/q+1. The van der Waals surface area contributed by atoms with Crippen molar-refractivity contribution in [2.24, 2.45) is 0 Å². The second-order valence-electron chi connectivity index (χ2n) is 14.7. The van der Waals surface area contributed by atoms with Crippen LogP contribution in [0.3, 0.4) is 0 Å². The van der Waals surface area contributed by atoms with Crippen LogP contribution in [0.4, 0.5) is 5.69 Å². The maximum absolute atomic E-state index is 7.00. The summed E-state index contributed by atoms with van der Waals surface area (Å²) in [5.41, 5.74) is 11.6. The average molecular weight is 574 g/mol. The van der Waals surface area contributed by atoms with Gasteiger partial charge in [-0.3, -0.25) is 0 Å². The molecule has 3 aliphatic rings. The van der Waals surface area contributed by atoms with Crippen molar-refractivity contribution in [2.75, 3.05) is 18.0 Å². The van der Waals surface area contributed by atoms with Gasteiger partial charge in [-0.1, -0.05) is 58.0 Å². The Balaban J connectivity index is 1.78. The molecular weight excluding hydrogens is 524 g/mol. The zero-order valence-corrected chi connectivity index (χ0v) is 28.2. The van der Waals surface area contributed by atoms with E-state index in [1.54, 1.807) is 0 Å². The van der Waals surface area contributed by atoms with Gasteiger partial charge >= 0.3 is 0 Å². The predicted molar refractivity (Wildman–Crippen MR) is 184 cm³/mol. The van der Waals surface area contributed by atoms with Crippen molar-refractivity contribution < 1.29 is 4.74 Å². The molecule has 0 N–H and O–H groups in total. The monoisotopic (exact) mass is 573 g/mol. The third kappa shape index (κ3) is 4.58. The Morgan fingerprint density at radius 2 is 1.53 bits per heavy atom. The van der Waals surface area contributed by atoms with Crippen molar-refractivity contribution in [3.05, 3.63) is 99.1 Å². The van der Waals surface area contributed by atoms with Crippen molar-refractivity contribution in [3.63, 3.8) is 0 Å². The molecule has 3 aromatic carbocycles. The summed E-state index contributed by atoms with van der Waals surface area (Å²) in [6.45, 7) is 27.1. The molecule has 3 nitrogen and oxygen atoms in total. The van der Waals surface area contributed by atoms with Gasteiger partial charge in [0.15, 0.2) is 5.54 Å². The Morgan fingerprint density at radius 3 is 2.19 bits per heavy atom. The Hall–Kier alpha value is -3.59. The fraction of sp³-hybridized carbons (Fsp3) is 0.425. The number of hydrogen-bond acceptors (Lipinski definition) is 2. The van der Waals surface area contributed by atoms with Crippen molar-refractivity contribution in [2.45, 2.75) is 99.1 Å². The quantitative estimate of drug-likeness (QED) is 0.228. The van der Waals surface area contributed by atoms with E-state index in [-0.39, 0.29) is 16.5 Å². The summed E-state index contributed by atoms with van der Waals surface area (Å²) in [7, 11) is 0. The fourth-order valence-corrected chi connectivity index (χ4v) is 7.96. The van der Waals surface area contributed by atoms with Crippen LogP contribution in [0.1, 0.15) is 110 Å². The number of ether oxygens (including phenoxy) is 1. The summed E-state index contributed by atoms with van der Waals surface area (Å²) in [5, 5.41) is 2.45. The maximum Gasteiger partial charge on any atom is 0.211 e. The SMILES string of the molecule is CCC1=CC(C)(C)[N+](CC)=c2cc3c(cc21)=C(c1ccccc1C(C)(C)C)c1cc2c(cc1O3)N(CC)C(C)(C)C=C2C. The number of allylic oxidation sites excluding steroid dienone is 2. The number of likely N-dealkylation sites (N-methyl/N-ethyl adjacent to an activating group) is 2. The summed E-state index contributed by atoms with van der Waals surface area (Å²) >= 11 is 0. The highest BCUT2D eigenvalue weighted by atomic mass is 16.5. The highest BCUT2D eigenvalue weighted by molar-refractivity contribution is 5.92. The van der Waals surface area contributed by atoms with E-state index in [1.165, 1.54) is 60.8 Å². The van der Waals surface area contributed by atoms with E-state index < -0.39 is 0 Å². The smallest absolute Gasteiger partial charge is 0.211 e. The van der Waals surface area contributed by atoms with Gasteiger partial charge in [-0.25, -0.2) is 4.58 Å². The molecule has 3 heterocycles. The molecule has 0 amide bonds. The van der Waals surface area contributed by atoms with Crippen molar-refractivity contribution >= 4 is 22.4 Å². The first kappa shape index (κ1) is 29.5. The number of hydrogen-bond donors (Lipinski definition) is 0. The molecule has 3 aromatic rings. The van der Waals surface area contributed by atoms with Crippen LogP contribution in [0.15, 0.2) is 60.7 Å². The summed E-state index contributed by atoms with van der Waals surface area (Å²) in [5.74, 6) is 1.89. The molecule has 0 unspecified atom stereocenters. The molecule has 0 aromatic heterocycles. The van der Waals surface area contributed by atoms with E-state index in [1.807, 2.05) is 0 Å². The van der Waals surface area contributed by atoms with E-state index in [0.717, 1.165) is 31.0 Å². The van der Waals surface area contributed by atoms with Crippen LogP contribution in [0.25, 0.3) is 16.7 Å². The van der Waals surface area contributed by atoms with Crippen LogP contribution in [0, 0.1) is 0 Å². The van der Waals surface area contributed by atoms with Crippen LogP contribution < -0.4 is 24.8 Å². The number of fused-ring (bicyclic) bond motifs is 4. The van der Waals surface area contributed by atoms with E-state index in [4.69, 9.17) is 4.74 Å². The van der Waals surface area contributed by atoms with Gasteiger partial charge in [-0.2, -0.15) is 0 Å². The number of anilines is 1. The Kier molecular flexibility index (Phi) is 6.84. The highest BCUT2D eigenvalue weighted by Crippen LogP contribution is 2.47. The molecule has 3 heteroatoms. The predicted octanol–water partition coefficient (Wildman–Crippen LogP) is 8.46. The lowest BCUT2D eigenvalue weighted by molar-refractivity contribution is 0.399. The molecule has 0 spiro atoms. The zero-order chi connectivity index (χ0) is 31.1. The van der Waals surface area contributed by atoms with Gasteiger partial charge < -0.3 is 9.64 Å². The van der Waals surface area contributed by atoms with Gasteiger partial charge in [0.05, 0.1) is 11.6 Å². The molecule has 0 fully saturated rings. The Morgan fingerprint density at radius 1 is 0.814 bits per heavy atom. The minimum absolute atomic E-state index is 0.0129. The molecule has 0 saturated heterocycles. The highest BCUT2D eigenvalue weighted by Gasteiger charge is 2.36. The number of benzene rings is 3. The molecule has 0 bridgehead atoms. The third-order valence-corrected chi connectivity index (χ3v) is 9.81. The van der Waals surface area contributed by atoms with E-state index in [9.17, 15) is 0 Å². The van der Waals surface area contributed by atoms with Crippen LogP contribution >= 0.6 is 0 Å². The molecule has 0 saturated carbocycles. The van der Waals surface area contributed by atoms with Crippen LogP contribution in [0.2, 0.25) is 0 Å². The zero-order valence-electron chi connectivity index (χ0n) is 28.2. The van der Waals surface area contributed by atoms with Crippen LogP contribution in [0.5, 0.6) is 11.5 Å². The van der Waals surface area contributed by atoms with Gasteiger partial charge in [0.2, 0.25) is 5.36 Å². The normalized spacial score (nSPS) is 18.2. The first-order valence-corrected chi connectivity index (χ1v) is 16.2. The molecule has 0 atom stereocenters. The molecule has 6 rings (SSSR count). The van der Waals surface area contributed by atoms with E-state index in [0.29, 0.717) is 0 Å². The maximum atomic E-state index is 7.00. The Labute approximate surface area is 258 Å². The molecule has 0 radical (unpaired) electrons. The largest absolute Gasteiger partial charge is 0.456 e. The average Bonchev–Trinajstić information content (AvgIpc) is 2.93. The van der Waals surface area contributed by atoms with Gasteiger partial charge in [0.25, 0.3) is 0 Å². The second-order valence-corrected chi connectivity index (χ2v) is 14.7. The Bertz CT molecular complexity index is 1840.